The number of carboxylic acid groups (broad SMARTS) is 2. The number of benzene rings is 3. The average Bonchev–Trinajstić information content (AvgIpc) is 3.97. The Morgan fingerprint density at radius 1 is 0.531 bits per heavy atom. The van der Waals surface area contributed by atoms with E-state index in [-0.39, 0.29) is 31.5 Å². The molecule has 3 aromatic carbocycles. The molecule has 3 aromatic rings. The summed E-state index contributed by atoms with van der Waals surface area (Å²) in [7, 11) is 1.25. The highest BCUT2D eigenvalue weighted by atomic mass is 16.5. The molecule has 10 heteroatoms. The molecule has 2 saturated carbocycles. The lowest BCUT2D eigenvalue weighted by Crippen LogP contribution is -2.40. The molecule has 0 radical (unpaired) electrons. The fourth-order valence-corrected chi connectivity index (χ4v) is 9.17. The second kappa shape index (κ2) is 28.4. The standard InChI is InChI=1S/C30H41NO4.C24H37NO4/c1-2-3-4-5-6-7-9-12-24-15-17-25(18-16-24)22-31-27-19-20-30(21-27,28(32)33)29(34)35-23-26-13-10-8-11-14-26;1-3-4-5-6-7-8-9-10-19-11-13-20(14-12-19)18-25-21-15-16-24(17-21,22(26)27)23(28)29-2/h8,10-11,13-18,27,31H,2-7,9,12,19-23H2,1H3,(H,32,33);11-14,21,25H,3-10,15-18H2,1-2H3,(H,26,27). The molecule has 0 bridgehead atoms. The fourth-order valence-electron chi connectivity index (χ4n) is 9.17. The Labute approximate surface area is 383 Å². The molecule has 0 saturated heterocycles. The molecule has 0 spiro atoms. The Balaban J connectivity index is 0.000000286. The van der Waals surface area contributed by atoms with Crippen LogP contribution in [-0.4, -0.2) is 53.3 Å². The van der Waals surface area contributed by atoms with E-state index in [1.165, 1.54) is 119 Å². The zero-order valence-electron chi connectivity index (χ0n) is 39.2. The number of methoxy groups -OCH3 is 1. The largest absolute Gasteiger partial charge is 0.480 e. The minimum Gasteiger partial charge on any atom is -0.480 e. The number of aryl methyl sites for hydroxylation is 2. The van der Waals surface area contributed by atoms with Crippen LogP contribution in [0.5, 0.6) is 0 Å². The Morgan fingerprint density at radius 3 is 1.33 bits per heavy atom. The van der Waals surface area contributed by atoms with Crippen molar-refractivity contribution in [2.45, 2.75) is 187 Å². The van der Waals surface area contributed by atoms with Gasteiger partial charge >= 0.3 is 23.9 Å². The first kappa shape index (κ1) is 52.1. The molecule has 64 heavy (non-hydrogen) atoms. The lowest BCUT2D eigenvalue weighted by atomic mass is 9.86. The normalized spacial score (nSPS) is 20.3. The predicted molar refractivity (Wildman–Crippen MR) is 254 cm³/mol. The summed E-state index contributed by atoms with van der Waals surface area (Å²) >= 11 is 0. The lowest BCUT2D eigenvalue weighted by molar-refractivity contribution is -0.170. The van der Waals surface area contributed by atoms with E-state index in [1.54, 1.807) is 0 Å². The molecule has 2 aliphatic rings. The quantitative estimate of drug-likeness (QED) is 0.0315. The van der Waals surface area contributed by atoms with Gasteiger partial charge in [-0.25, -0.2) is 0 Å². The van der Waals surface area contributed by atoms with Crippen LogP contribution in [0.15, 0.2) is 78.9 Å². The van der Waals surface area contributed by atoms with Gasteiger partial charge in [-0.1, -0.05) is 170 Å². The van der Waals surface area contributed by atoms with Crippen LogP contribution >= 0.6 is 0 Å². The first-order valence-electron chi connectivity index (χ1n) is 24.4. The van der Waals surface area contributed by atoms with E-state index in [0.717, 1.165) is 18.4 Å². The third kappa shape index (κ3) is 16.8. The molecular weight excluding hydrogens is 805 g/mol. The van der Waals surface area contributed by atoms with Crippen LogP contribution in [0.4, 0.5) is 0 Å². The van der Waals surface area contributed by atoms with Gasteiger partial charge < -0.3 is 30.3 Å². The molecule has 0 aliphatic heterocycles. The average molecular weight is 883 g/mol. The van der Waals surface area contributed by atoms with E-state index < -0.39 is 34.7 Å². The van der Waals surface area contributed by atoms with E-state index >= 15 is 0 Å². The van der Waals surface area contributed by atoms with Gasteiger partial charge in [0.2, 0.25) is 0 Å². The van der Waals surface area contributed by atoms with Crippen LogP contribution in [-0.2, 0) is 61.2 Å². The summed E-state index contributed by atoms with van der Waals surface area (Å²) in [5.74, 6) is -3.44. The highest BCUT2D eigenvalue weighted by Crippen LogP contribution is 2.41. The summed E-state index contributed by atoms with van der Waals surface area (Å²) in [5, 5.41) is 26.3. The Hall–Kier alpha value is -4.54. The summed E-state index contributed by atoms with van der Waals surface area (Å²) < 4.78 is 10.2. The number of carboxylic acids is 2. The molecule has 0 heterocycles. The van der Waals surface area contributed by atoms with Crippen molar-refractivity contribution >= 4 is 23.9 Å². The van der Waals surface area contributed by atoms with E-state index in [9.17, 15) is 29.4 Å². The molecule has 352 valence electrons. The van der Waals surface area contributed by atoms with E-state index in [0.29, 0.717) is 38.8 Å². The maximum absolute atomic E-state index is 12.8. The van der Waals surface area contributed by atoms with Crippen LogP contribution in [0.3, 0.4) is 0 Å². The number of unbranched alkanes of at least 4 members (excludes halogenated alkanes) is 12. The summed E-state index contributed by atoms with van der Waals surface area (Å²) in [6.45, 7) is 5.94. The van der Waals surface area contributed by atoms with E-state index in [2.05, 4.69) is 73.0 Å². The Morgan fingerprint density at radius 2 is 0.922 bits per heavy atom. The highest BCUT2D eigenvalue weighted by Gasteiger charge is 2.54. The van der Waals surface area contributed by atoms with Crippen LogP contribution in [0.25, 0.3) is 0 Å². The lowest BCUT2D eigenvalue weighted by Gasteiger charge is -2.22. The monoisotopic (exact) mass is 883 g/mol. The van der Waals surface area contributed by atoms with Crippen LogP contribution in [0.1, 0.15) is 170 Å². The van der Waals surface area contributed by atoms with Gasteiger partial charge in [-0.2, -0.15) is 0 Å². The van der Waals surface area contributed by atoms with Crippen molar-refractivity contribution in [3.8, 4) is 0 Å². The van der Waals surface area contributed by atoms with Crippen molar-refractivity contribution in [2.24, 2.45) is 10.8 Å². The number of carbonyl (C=O) groups excluding carboxylic acids is 2. The first-order valence-corrected chi connectivity index (χ1v) is 24.4. The molecule has 5 rings (SSSR count). The summed E-state index contributed by atoms with van der Waals surface area (Å²) in [5.41, 5.74) is 3.09. The fraction of sp³-hybridized carbons (Fsp3) is 0.593. The second-order valence-corrected chi connectivity index (χ2v) is 18.3. The van der Waals surface area contributed by atoms with Crippen molar-refractivity contribution in [1.82, 2.24) is 10.6 Å². The van der Waals surface area contributed by atoms with Crippen molar-refractivity contribution in [3.63, 3.8) is 0 Å². The molecule has 4 unspecified atom stereocenters. The zero-order chi connectivity index (χ0) is 46.0. The molecular formula is C54H78N2O8. The van der Waals surface area contributed by atoms with Gasteiger partial charge in [-0.3, -0.25) is 19.2 Å². The molecule has 4 N–H and O–H groups in total. The van der Waals surface area contributed by atoms with Crippen LogP contribution in [0.2, 0.25) is 0 Å². The van der Waals surface area contributed by atoms with Crippen molar-refractivity contribution < 1.29 is 38.9 Å². The van der Waals surface area contributed by atoms with Crippen LogP contribution in [0, 0.1) is 10.8 Å². The highest BCUT2D eigenvalue weighted by molar-refractivity contribution is 6.00. The second-order valence-electron chi connectivity index (χ2n) is 18.3. The topological polar surface area (TPSA) is 151 Å². The van der Waals surface area contributed by atoms with Crippen LogP contribution < -0.4 is 10.6 Å². The van der Waals surface area contributed by atoms with Gasteiger partial charge in [0.05, 0.1) is 7.11 Å². The number of nitrogens with one attached hydrogen (secondary N) is 2. The molecule has 2 fully saturated rings. The third-order valence-electron chi connectivity index (χ3n) is 13.4. The summed E-state index contributed by atoms with van der Waals surface area (Å²) in [4.78, 5) is 48.5. The molecule has 0 aromatic heterocycles. The third-order valence-corrected chi connectivity index (χ3v) is 13.4. The van der Waals surface area contributed by atoms with E-state index in [4.69, 9.17) is 9.47 Å². The molecule has 4 atom stereocenters. The van der Waals surface area contributed by atoms with Gasteiger partial charge in [-0.15, -0.1) is 0 Å². The zero-order valence-corrected chi connectivity index (χ0v) is 39.2. The number of esters is 2. The minimum atomic E-state index is -1.47. The number of hydrogen-bond acceptors (Lipinski definition) is 8. The SMILES string of the molecule is CCCCCCCCCc1ccc(CNC2CCC(C(=O)O)(C(=O)OC)C2)cc1.CCCCCCCCCc1ccc(CNC2CCC(C(=O)O)(C(=O)OCc3ccccc3)C2)cc1. The van der Waals surface area contributed by atoms with Gasteiger partial charge in [0.25, 0.3) is 0 Å². The predicted octanol–water partition coefficient (Wildman–Crippen LogP) is 11.3. The molecule has 10 nitrogen and oxygen atoms in total. The summed E-state index contributed by atoms with van der Waals surface area (Å²) in [6.07, 6.45) is 23.2. The number of carbonyl (C=O) groups is 4. The molecule has 0 amide bonds. The number of ether oxygens (including phenoxy) is 2. The maximum atomic E-state index is 12.8. The Kier molecular flexibility index (Phi) is 23.1. The Bertz CT molecular complexity index is 1820. The van der Waals surface area contributed by atoms with Crippen molar-refractivity contribution in [1.29, 1.82) is 0 Å². The van der Waals surface area contributed by atoms with Gasteiger partial charge in [-0.05, 0) is 92.0 Å². The first-order chi connectivity index (χ1) is 31.0. The minimum absolute atomic E-state index is 0.0117. The van der Waals surface area contributed by atoms with E-state index in [1.807, 2.05) is 30.3 Å². The van der Waals surface area contributed by atoms with Gasteiger partial charge in [0.15, 0.2) is 10.8 Å². The van der Waals surface area contributed by atoms with Crippen molar-refractivity contribution in [3.05, 3.63) is 107 Å². The number of rotatable bonds is 28. The van der Waals surface area contributed by atoms with Crippen molar-refractivity contribution in [2.75, 3.05) is 7.11 Å². The smallest absolute Gasteiger partial charge is 0.323 e. The maximum Gasteiger partial charge on any atom is 0.323 e. The number of aliphatic carboxylic acids is 2. The number of hydrogen-bond donors (Lipinski definition) is 4. The summed E-state index contributed by atoms with van der Waals surface area (Å²) in [6, 6.07) is 26.7. The van der Waals surface area contributed by atoms with Gasteiger partial charge in [0.1, 0.15) is 6.61 Å². The van der Waals surface area contributed by atoms with Gasteiger partial charge in [0, 0.05) is 25.2 Å². The molecule has 2 aliphatic carbocycles.